The molecule has 1 rings (SSSR count). The van der Waals surface area contributed by atoms with Crippen LogP contribution in [-0.4, -0.2) is 51.0 Å². The van der Waals surface area contributed by atoms with E-state index in [1.54, 1.807) is 54.0 Å². The largest absolute Gasteiger partial charge is 0.511 e. The van der Waals surface area contributed by atoms with Gasteiger partial charge in [-0.05, 0) is 12.5 Å². The molecule has 0 amide bonds. The number of rotatable bonds is 6. The lowest BCUT2D eigenvalue weighted by atomic mass is 10.1. The fourth-order valence-electron chi connectivity index (χ4n) is 1.55. The van der Waals surface area contributed by atoms with Crippen LogP contribution in [0.5, 0.6) is 0 Å². The van der Waals surface area contributed by atoms with Gasteiger partial charge in [0.05, 0.1) is 11.8 Å². The molecule has 10 heteroatoms. The maximum atomic E-state index is 12.5. The molecule has 0 aromatic heterocycles. The molecule has 1 atom stereocenters. The van der Waals surface area contributed by atoms with Gasteiger partial charge in [-0.2, -0.15) is 23.0 Å². The number of nitrogens with one attached hydrogen (secondary N) is 1. The quantitative estimate of drug-likeness (QED) is 0.483. The molecule has 6 nitrogen and oxygen atoms in total. The van der Waals surface area contributed by atoms with Crippen molar-refractivity contribution in [3.05, 3.63) is 35.9 Å². The van der Waals surface area contributed by atoms with Crippen molar-refractivity contribution < 1.29 is 21.6 Å². The van der Waals surface area contributed by atoms with Crippen LogP contribution >= 0.6 is 0 Å². The lowest BCUT2D eigenvalue weighted by Gasteiger charge is -2.17. The zero-order valence-electron chi connectivity index (χ0n) is 12.7. The summed E-state index contributed by atoms with van der Waals surface area (Å²) in [5.74, 6) is 0. The van der Waals surface area contributed by atoms with Crippen molar-refractivity contribution in [1.29, 1.82) is 0 Å². The average Bonchev–Trinajstić information content (AvgIpc) is 2.42. The number of alkyl halides is 3. The van der Waals surface area contributed by atoms with Crippen molar-refractivity contribution in [1.82, 2.24) is 9.62 Å². The summed E-state index contributed by atoms with van der Waals surface area (Å²) in [5, 5.41) is 7.58. The van der Waals surface area contributed by atoms with Gasteiger partial charge in [0, 0.05) is 14.1 Å². The Labute approximate surface area is 132 Å². The van der Waals surface area contributed by atoms with Gasteiger partial charge >= 0.3 is 15.5 Å². The van der Waals surface area contributed by atoms with E-state index in [1.807, 2.05) is 0 Å². The van der Waals surface area contributed by atoms with Crippen molar-refractivity contribution >= 4 is 22.1 Å². The first-order valence-corrected chi connectivity index (χ1v) is 7.94. The summed E-state index contributed by atoms with van der Waals surface area (Å²) in [6, 6.07) is 7.01. The van der Waals surface area contributed by atoms with Crippen LogP contribution in [0.1, 0.15) is 12.5 Å². The molecule has 0 radical (unpaired) electrons. The summed E-state index contributed by atoms with van der Waals surface area (Å²) in [6.07, 6.45) is 1.34. The van der Waals surface area contributed by atoms with Gasteiger partial charge in [-0.25, -0.2) is 8.42 Å². The minimum atomic E-state index is -5.48. The number of nitrogens with zero attached hydrogens (tertiary/aromatic N) is 3. The number of benzene rings is 1. The van der Waals surface area contributed by atoms with Gasteiger partial charge in [-0.3, -0.25) is 0 Å². The number of hydrogen-bond donors (Lipinski definition) is 1. The zero-order valence-corrected chi connectivity index (χ0v) is 13.6. The summed E-state index contributed by atoms with van der Waals surface area (Å²) >= 11 is 0. The fraction of sp³-hybridized carbons (Fsp3) is 0.385. The van der Waals surface area contributed by atoms with Crippen LogP contribution in [0, 0.1) is 0 Å². The van der Waals surface area contributed by atoms with Crippen LogP contribution < -0.4 is 4.72 Å². The van der Waals surface area contributed by atoms with Gasteiger partial charge in [0.2, 0.25) is 0 Å². The van der Waals surface area contributed by atoms with Crippen LogP contribution in [0.15, 0.2) is 40.5 Å². The molecular weight excluding hydrogens is 333 g/mol. The summed E-state index contributed by atoms with van der Waals surface area (Å²) in [6.45, 7) is 1.26. The van der Waals surface area contributed by atoms with E-state index in [9.17, 15) is 21.6 Å². The highest BCUT2D eigenvalue weighted by Crippen LogP contribution is 2.22. The Kier molecular flexibility index (Phi) is 6.28. The highest BCUT2D eigenvalue weighted by Gasteiger charge is 2.46. The van der Waals surface area contributed by atoms with Crippen LogP contribution in [0.4, 0.5) is 13.2 Å². The van der Waals surface area contributed by atoms with Gasteiger partial charge in [-0.15, -0.1) is 5.10 Å². The molecule has 0 fully saturated rings. The van der Waals surface area contributed by atoms with E-state index in [0.717, 1.165) is 0 Å². The Morgan fingerprint density at radius 2 is 1.83 bits per heavy atom. The SMILES string of the molecule is CC(NS(=O)(=O)C(F)(F)F)C(=NN=CN(C)C)c1ccccc1. The number of hydrogen-bond acceptors (Lipinski definition) is 4. The second kappa shape index (κ2) is 7.55. The van der Waals surface area contributed by atoms with Crippen molar-refractivity contribution in [2.75, 3.05) is 14.1 Å². The first kappa shape index (κ1) is 19.1. The Balaban J connectivity index is 3.15. The van der Waals surface area contributed by atoms with E-state index in [0.29, 0.717) is 5.56 Å². The topological polar surface area (TPSA) is 74.1 Å². The third-order valence-corrected chi connectivity index (χ3v) is 3.84. The van der Waals surface area contributed by atoms with Crippen LogP contribution in [0.3, 0.4) is 0 Å². The minimum absolute atomic E-state index is 0.0662. The standard InChI is InChI=1S/C13H17F3N4O2S/c1-10(19-23(21,22)13(14,15)16)12(18-17-9-20(2)3)11-7-5-4-6-8-11/h4-10,19H,1-3H3. The smallest absolute Gasteiger partial charge is 0.367 e. The third-order valence-electron chi connectivity index (χ3n) is 2.56. The predicted octanol–water partition coefficient (Wildman–Crippen LogP) is 1.81. The summed E-state index contributed by atoms with van der Waals surface area (Å²) in [4.78, 5) is 1.58. The van der Waals surface area contributed by atoms with E-state index in [1.165, 1.54) is 13.3 Å². The molecule has 23 heavy (non-hydrogen) atoms. The van der Waals surface area contributed by atoms with E-state index < -0.39 is 21.6 Å². The van der Waals surface area contributed by atoms with Crippen molar-refractivity contribution in [2.45, 2.75) is 18.5 Å². The molecule has 0 saturated heterocycles. The van der Waals surface area contributed by atoms with Gasteiger partial charge in [-0.1, -0.05) is 30.3 Å². The molecule has 0 saturated carbocycles. The van der Waals surface area contributed by atoms with Crippen LogP contribution in [-0.2, 0) is 10.0 Å². The van der Waals surface area contributed by atoms with Crippen LogP contribution in [0.2, 0.25) is 0 Å². The second-order valence-corrected chi connectivity index (χ2v) is 6.54. The van der Waals surface area contributed by atoms with Crippen molar-refractivity contribution in [2.24, 2.45) is 10.2 Å². The molecule has 0 aliphatic rings. The summed E-state index contributed by atoms with van der Waals surface area (Å²) in [5.41, 5.74) is -4.87. The second-order valence-electron chi connectivity index (χ2n) is 4.83. The third kappa shape index (κ3) is 5.64. The highest BCUT2D eigenvalue weighted by molar-refractivity contribution is 7.90. The monoisotopic (exact) mass is 350 g/mol. The van der Waals surface area contributed by atoms with E-state index in [2.05, 4.69) is 10.2 Å². The molecule has 1 N–H and O–H groups in total. The Morgan fingerprint density at radius 1 is 1.26 bits per heavy atom. The molecule has 0 aliphatic heterocycles. The van der Waals surface area contributed by atoms with Gasteiger partial charge < -0.3 is 4.90 Å². The molecular formula is C13H17F3N4O2S. The number of sulfonamides is 1. The lowest BCUT2D eigenvalue weighted by Crippen LogP contribution is -2.45. The molecule has 1 unspecified atom stereocenters. The summed E-state index contributed by atoms with van der Waals surface area (Å²) in [7, 11) is -2.10. The van der Waals surface area contributed by atoms with E-state index in [-0.39, 0.29) is 5.71 Å². The Bertz CT molecular complexity index is 670. The van der Waals surface area contributed by atoms with E-state index in [4.69, 9.17) is 0 Å². The molecule has 1 aromatic carbocycles. The molecule has 128 valence electrons. The number of halogens is 3. The Hall–Kier alpha value is -1.94. The van der Waals surface area contributed by atoms with Crippen molar-refractivity contribution in [3.8, 4) is 0 Å². The predicted molar refractivity (Wildman–Crippen MR) is 82.7 cm³/mol. The normalized spacial score (nSPS) is 15.0. The highest BCUT2D eigenvalue weighted by atomic mass is 32.2. The van der Waals surface area contributed by atoms with E-state index >= 15 is 0 Å². The maximum absolute atomic E-state index is 12.5. The maximum Gasteiger partial charge on any atom is 0.511 e. The average molecular weight is 350 g/mol. The molecule has 0 spiro atoms. The zero-order chi connectivity index (χ0) is 17.7. The first-order valence-electron chi connectivity index (χ1n) is 6.46. The lowest BCUT2D eigenvalue weighted by molar-refractivity contribution is -0.0448. The van der Waals surface area contributed by atoms with Gasteiger partial charge in [0.15, 0.2) is 0 Å². The Morgan fingerprint density at radius 3 is 2.30 bits per heavy atom. The van der Waals surface area contributed by atoms with Gasteiger partial charge in [0.25, 0.3) is 0 Å². The van der Waals surface area contributed by atoms with Crippen molar-refractivity contribution in [3.63, 3.8) is 0 Å². The minimum Gasteiger partial charge on any atom is -0.367 e. The van der Waals surface area contributed by atoms with Gasteiger partial charge in [0.1, 0.15) is 6.34 Å². The first-order chi connectivity index (χ1) is 10.5. The fourth-order valence-corrected chi connectivity index (χ4v) is 2.26. The molecule has 1 aromatic rings. The molecule has 0 aliphatic carbocycles. The molecule has 0 bridgehead atoms. The van der Waals surface area contributed by atoms with Crippen LogP contribution in [0.25, 0.3) is 0 Å². The summed E-state index contributed by atoms with van der Waals surface area (Å²) < 4.78 is 61.5. The molecule has 0 heterocycles.